The van der Waals surface area contributed by atoms with Gasteiger partial charge in [0, 0.05) is 49.4 Å². The maximum atomic E-state index is 13.4. The first kappa shape index (κ1) is 22.9. The number of carbonyl (C=O) groups excluding carboxylic acids is 1. The average Bonchev–Trinajstić information content (AvgIpc) is 3.24. The number of ether oxygens (including phenoxy) is 3. The van der Waals surface area contributed by atoms with Crippen molar-refractivity contribution in [2.24, 2.45) is 5.92 Å². The lowest BCUT2D eigenvalue weighted by atomic mass is 10.0. The molecule has 0 aliphatic carbocycles. The molecular formula is C27H28N4O4. The molecule has 4 heterocycles. The van der Waals surface area contributed by atoms with E-state index in [0.717, 1.165) is 17.8 Å². The number of imidazole rings is 1. The predicted molar refractivity (Wildman–Crippen MR) is 131 cm³/mol. The van der Waals surface area contributed by atoms with Crippen molar-refractivity contribution in [2.45, 2.75) is 13.0 Å². The molecule has 1 aliphatic heterocycles. The number of aromatic nitrogens is 3. The lowest BCUT2D eigenvalue weighted by Gasteiger charge is -2.24. The Hall–Kier alpha value is -3.91. The molecule has 1 aromatic carbocycles. The summed E-state index contributed by atoms with van der Waals surface area (Å²) in [4.78, 5) is 23.8. The highest BCUT2D eigenvalue weighted by atomic mass is 16.5. The second-order valence-electron chi connectivity index (χ2n) is 8.60. The zero-order valence-corrected chi connectivity index (χ0v) is 19.7. The molecule has 1 fully saturated rings. The summed E-state index contributed by atoms with van der Waals surface area (Å²) < 4.78 is 19.3. The van der Waals surface area contributed by atoms with Gasteiger partial charge in [-0.2, -0.15) is 0 Å². The molecule has 0 N–H and O–H groups in total. The number of hydrogen-bond donors (Lipinski definition) is 0. The highest BCUT2D eigenvalue weighted by molar-refractivity contribution is 5.95. The van der Waals surface area contributed by atoms with Gasteiger partial charge in [-0.25, -0.2) is 4.98 Å². The lowest BCUT2D eigenvalue weighted by molar-refractivity contribution is 0.0737. The van der Waals surface area contributed by atoms with Gasteiger partial charge >= 0.3 is 0 Å². The largest absolute Gasteiger partial charge is 0.493 e. The summed E-state index contributed by atoms with van der Waals surface area (Å²) in [6, 6.07) is 15.1. The van der Waals surface area contributed by atoms with E-state index in [0.29, 0.717) is 50.0 Å². The summed E-state index contributed by atoms with van der Waals surface area (Å²) in [5, 5.41) is 0. The molecule has 0 unspecified atom stereocenters. The fraction of sp³-hybridized carbons (Fsp3) is 0.296. The monoisotopic (exact) mass is 472 g/mol. The Kier molecular flexibility index (Phi) is 6.90. The SMILES string of the molecule is COc1cc(C(=O)N2CCOC[C@H](Cc3ccc4nccn4c3)C2)ccc1OCc1ccccn1. The van der Waals surface area contributed by atoms with Crippen LogP contribution in [0.3, 0.4) is 0 Å². The average molecular weight is 473 g/mol. The van der Waals surface area contributed by atoms with Crippen LogP contribution in [0.2, 0.25) is 0 Å². The number of fused-ring (bicyclic) bond motifs is 1. The topological polar surface area (TPSA) is 78.2 Å². The van der Waals surface area contributed by atoms with Crippen LogP contribution in [-0.4, -0.2) is 58.6 Å². The Bertz CT molecular complexity index is 1290. The van der Waals surface area contributed by atoms with Crippen LogP contribution in [-0.2, 0) is 17.8 Å². The minimum atomic E-state index is -0.0415. The van der Waals surface area contributed by atoms with Crippen LogP contribution in [0.25, 0.3) is 5.65 Å². The van der Waals surface area contributed by atoms with Crippen molar-refractivity contribution < 1.29 is 19.0 Å². The molecule has 1 atom stereocenters. The van der Waals surface area contributed by atoms with E-state index in [1.165, 1.54) is 5.56 Å². The normalized spacial score (nSPS) is 16.1. The van der Waals surface area contributed by atoms with E-state index in [1.54, 1.807) is 37.7 Å². The van der Waals surface area contributed by atoms with Gasteiger partial charge in [-0.05, 0) is 48.4 Å². The van der Waals surface area contributed by atoms with Gasteiger partial charge in [-0.3, -0.25) is 9.78 Å². The van der Waals surface area contributed by atoms with Crippen LogP contribution >= 0.6 is 0 Å². The minimum Gasteiger partial charge on any atom is -0.493 e. The standard InChI is InChI=1S/C27H28N4O4/c1-33-25-15-22(6-7-24(25)35-19-23-4-2-3-9-28-23)27(32)31-12-13-34-18-21(17-31)14-20-5-8-26-29-10-11-30(26)16-20/h2-11,15-16,21H,12-14,17-19H2,1H3/t21-/m1/s1. The van der Waals surface area contributed by atoms with Crippen LogP contribution in [0.1, 0.15) is 21.6 Å². The summed E-state index contributed by atoms with van der Waals surface area (Å²) in [6.45, 7) is 2.64. The molecule has 3 aromatic heterocycles. The van der Waals surface area contributed by atoms with Crippen LogP contribution in [0.15, 0.2) is 73.3 Å². The van der Waals surface area contributed by atoms with Gasteiger partial charge in [0.05, 0.1) is 26.0 Å². The number of rotatable bonds is 7. The summed E-state index contributed by atoms with van der Waals surface area (Å²) >= 11 is 0. The van der Waals surface area contributed by atoms with E-state index in [1.807, 2.05) is 39.8 Å². The molecule has 0 saturated carbocycles. The number of hydrogen-bond acceptors (Lipinski definition) is 6. The molecule has 4 aromatic rings. The van der Waals surface area contributed by atoms with Crippen molar-refractivity contribution in [1.29, 1.82) is 0 Å². The Morgan fingerprint density at radius 1 is 1.11 bits per heavy atom. The zero-order chi connectivity index (χ0) is 24.0. The molecule has 1 amide bonds. The van der Waals surface area contributed by atoms with E-state index < -0.39 is 0 Å². The van der Waals surface area contributed by atoms with Gasteiger partial charge in [0.1, 0.15) is 12.3 Å². The van der Waals surface area contributed by atoms with E-state index in [-0.39, 0.29) is 11.8 Å². The smallest absolute Gasteiger partial charge is 0.254 e. The van der Waals surface area contributed by atoms with Gasteiger partial charge in [0.15, 0.2) is 11.5 Å². The van der Waals surface area contributed by atoms with Gasteiger partial charge in [-0.15, -0.1) is 0 Å². The van der Waals surface area contributed by atoms with Gasteiger partial charge in [0.25, 0.3) is 5.91 Å². The van der Waals surface area contributed by atoms with Crippen molar-refractivity contribution in [3.63, 3.8) is 0 Å². The fourth-order valence-electron chi connectivity index (χ4n) is 4.35. The number of amides is 1. The Morgan fingerprint density at radius 2 is 2.06 bits per heavy atom. The predicted octanol–water partition coefficient (Wildman–Crippen LogP) is 3.65. The number of methoxy groups -OCH3 is 1. The second kappa shape index (κ2) is 10.6. The van der Waals surface area contributed by atoms with Gasteiger partial charge in [0.2, 0.25) is 0 Å². The third kappa shape index (κ3) is 5.44. The molecule has 35 heavy (non-hydrogen) atoms. The molecule has 8 nitrogen and oxygen atoms in total. The second-order valence-corrected chi connectivity index (χ2v) is 8.60. The molecule has 8 heteroatoms. The minimum absolute atomic E-state index is 0.0415. The number of pyridine rings is 2. The first-order valence-corrected chi connectivity index (χ1v) is 11.7. The van der Waals surface area contributed by atoms with E-state index in [2.05, 4.69) is 22.2 Å². The van der Waals surface area contributed by atoms with Crippen LogP contribution < -0.4 is 9.47 Å². The molecule has 180 valence electrons. The molecule has 0 radical (unpaired) electrons. The van der Waals surface area contributed by atoms with Crippen molar-refractivity contribution in [1.82, 2.24) is 19.3 Å². The highest BCUT2D eigenvalue weighted by Crippen LogP contribution is 2.29. The summed E-state index contributed by atoms with van der Waals surface area (Å²) in [5.74, 6) is 1.25. The third-order valence-corrected chi connectivity index (χ3v) is 6.11. The fourth-order valence-corrected chi connectivity index (χ4v) is 4.35. The van der Waals surface area contributed by atoms with Crippen molar-refractivity contribution >= 4 is 11.6 Å². The van der Waals surface area contributed by atoms with Crippen molar-refractivity contribution in [3.05, 3.63) is 90.1 Å². The molecule has 1 aliphatic rings. The van der Waals surface area contributed by atoms with Gasteiger partial charge < -0.3 is 23.5 Å². The van der Waals surface area contributed by atoms with E-state index in [9.17, 15) is 4.79 Å². The molecule has 0 spiro atoms. The zero-order valence-electron chi connectivity index (χ0n) is 19.7. The lowest BCUT2D eigenvalue weighted by Crippen LogP contribution is -2.36. The van der Waals surface area contributed by atoms with E-state index >= 15 is 0 Å². The summed E-state index contributed by atoms with van der Waals surface area (Å²) in [5.41, 5.74) is 3.49. The van der Waals surface area contributed by atoms with Gasteiger partial charge in [-0.1, -0.05) is 12.1 Å². The van der Waals surface area contributed by atoms with Crippen molar-refractivity contribution in [2.75, 3.05) is 33.4 Å². The molecule has 5 rings (SSSR count). The maximum absolute atomic E-state index is 13.4. The highest BCUT2D eigenvalue weighted by Gasteiger charge is 2.24. The summed E-state index contributed by atoms with van der Waals surface area (Å²) in [6.07, 6.45) is 8.37. The quantitative estimate of drug-likeness (QED) is 0.409. The van der Waals surface area contributed by atoms with E-state index in [4.69, 9.17) is 14.2 Å². The Balaban J connectivity index is 1.27. The van der Waals surface area contributed by atoms with Crippen LogP contribution in [0.4, 0.5) is 0 Å². The molecule has 0 bridgehead atoms. The van der Waals surface area contributed by atoms with Crippen molar-refractivity contribution in [3.8, 4) is 11.5 Å². The molecule has 1 saturated heterocycles. The summed E-state index contributed by atoms with van der Waals surface area (Å²) in [7, 11) is 1.57. The number of carbonyl (C=O) groups is 1. The molecular weight excluding hydrogens is 444 g/mol. The Morgan fingerprint density at radius 3 is 2.91 bits per heavy atom. The van der Waals surface area contributed by atoms with Crippen LogP contribution in [0, 0.1) is 5.92 Å². The third-order valence-electron chi connectivity index (χ3n) is 6.11. The number of nitrogens with zero attached hydrogens (tertiary/aromatic N) is 4. The Labute approximate surface area is 204 Å². The first-order valence-electron chi connectivity index (χ1n) is 11.7. The first-order chi connectivity index (χ1) is 17.2. The maximum Gasteiger partial charge on any atom is 0.254 e. The number of benzene rings is 1. The van der Waals surface area contributed by atoms with Crippen LogP contribution in [0.5, 0.6) is 11.5 Å².